The van der Waals surface area contributed by atoms with Crippen LogP contribution in [0.25, 0.3) is 6.08 Å². The Morgan fingerprint density at radius 2 is 2.03 bits per heavy atom. The lowest BCUT2D eigenvalue weighted by atomic mass is 10.1. The van der Waals surface area contributed by atoms with Crippen molar-refractivity contribution in [3.05, 3.63) is 57.8 Å². The third-order valence-corrected chi connectivity index (χ3v) is 4.28. The third kappa shape index (κ3) is 6.06. The number of para-hydroxylation sites is 1. The van der Waals surface area contributed by atoms with Gasteiger partial charge in [0, 0.05) is 0 Å². The van der Waals surface area contributed by atoms with Crippen molar-refractivity contribution in [2.24, 2.45) is 0 Å². The summed E-state index contributed by atoms with van der Waals surface area (Å²) < 4.78 is 29.7. The smallest absolute Gasteiger partial charge is 0.344 e. The van der Waals surface area contributed by atoms with E-state index in [0.29, 0.717) is 10.0 Å². The molecule has 0 bridgehead atoms. The highest BCUT2D eigenvalue weighted by Gasteiger charge is 2.16. The zero-order valence-electron chi connectivity index (χ0n) is 16.2. The van der Waals surface area contributed by atoms with Gasteiger partial charge in [-0.2, -0.15) is 5.26 Å². The van der Waals surface area contributed by atoms with E-state index in [1.54, 1.807) is 25.1 Å². The lowest BCUT2D eigenvalue weighted by Crippen LogP contribution is -2.15. The Hall–Kier alpha value is -3.38. The third-order valence-electron chi connectivity index (χ3n) is 3.69. The number of anilines is 1. The molecule has 0 atom stereocenters. The van der Waals surface area contributed by atoms with Crippen LogP contribution < -0.4 is 14.8 Å². The molecule has 0 aliphatic carbocycles. The summed E-state index contributed by atoms with van der Waals surface area (Å²) in [6.45, 7) is 1.60. The van der Waals surface area contributed by atoms with E-state index in [0.717, 1.165) is 0 Å². The summed E-state index contributed by atoms with van der Waals surface area (Å²) in [5, 5.41) is 11.7. The van der Waals surface area contributed by atoms with Crippen molar-refractivity contribution in [2.75, 3.05) is 25.6 Å². The molecule has 30 heavy (non-hydrogen) atoms. The number of amides is 1. The molecule has 0 radical (unpaired) electrons. The van der Waals surface area contributed by atoms with Crippen molar-refractivity contribution in [3.8, 4) is 17.6 Å². The molecular formula is C21H18BrFN2O5. The van der Waals surface area contributed by atoms with Crippen LogP contribution in [0.1, 0.15) is 12.5 Å². The van der Waals surface area contributed by atoms with Crippen LogP contribution in [-0.2, 0) is 14.3 Å². The zero-order valence-corrected chi connectivity index (χ0v) is 17.8. The summed E-state index contributed by atoms with van der Waals surface area (Å²) >= 11 is 3.32. The average Bonchev–Trinajstić information content (AvgIpc) is 2.72. The Morgan fingerprint density at radius 1 is 1.30 bits per heavy atom. The first-order valence-electron chi connectivity index (χ1n) is 8.73. The number of nitrogens with zero attached hydrogens (tertiary/aromatic N) is 1. The van der Waals surface area contributed by atoms with E-state index >= 15 is 0 Å². The number of carbonyl (C=O) groups excluding carboxylic acids is 2. The molecule has 0 aliphatic heterocycles. The van der Waals surface area contributed by atoms with Gasteiger partial charge in [-0.3, -0.25) is 4.79 Å². The van der Waals surface area contributed by atoms with Crippen LogP contribution in [0.5, 0.6) is 11.5 Å². The standard InChI is InChI=1S/C21H18BrFN2O5/c1-3-29-19(26)12-30-20-15(22)9-13(10-18(20)28-2)8-14(11-24)21(27)25-17-7-5-4-6-16(17)23/h4-10H,3,12H2,1-2H3,(H,25,27)/b14-8-. The largest absolute Gasteiger partial charge is 0.493 e. The predicted molar refractivity (Wildman–Crippen MR) is 111 cm³/mol. The maximum Gasteiger partial charge on any atom is 0.344 e. The first-order chi connectivity index (χ1) is 14.4. The van der Waals surface area contributed by atoms with E-state index < -0.39 is 17.7 Å². The highest BCUT2D eigenvalue weighted by Crippen LogP contribution is 2.37. The van der Waals surface area contributed by atoms with Crippen molar-refractivity contribution in [1.82, 2.24) is 0 Å². The fraction of sp³-hybridized carbons (Fsp3) is 0.190. The summed E-state index contributed by atoms with van der Waals surface area (Å²) in [7, 11) is 1.41. The maximum absolute atomic E-state index is 13.7. The number of rotatable bonds is 8. The van der Waals surface area contributed by atoms with Crippen molar-refractivity contribution < 1.29 is 28.2 Å². The maximum atomic E-state index is 13.7. The number of hydrogen-bond acceptors (Lipinski definition) is 6. The van der Waals surface area contributed by atoms with Gasteiger partial charge in [0.25, 0.3) is 5.91 Å². The molecule has 0 spiro atoms. The Balaban J connectivity index is 2.26. The summed E-state index contributed by atoms with van der Waals surface area (Å²) in [5.74, 6) is -1.38. The van der Waals surface area contributed by atoms with Gasteiger partial charge in [0.1, 0.15) is 17.5 Å². The van der Waals surface area contributed by atoms with Gasteiger partial charge in [-0.05, 0) is 58.8 Å². The second kappa shape index (κ2) is 11.0. The minimum atomic E-state index is -0.764. The SMILES string of the molecule is CCOC(=O)COc1c(Br)cc(/C=C(/C#N)C(=O)Nc2ccccc2F)cc1OC. The number of hydrogen-bond donors (Lipinski definition) is 1. The topological polar surface area (TPSA) is 97.7 Å². The average molecular weight is 477 g/mol. The van der Waals surface area contributed by atoms with Crippen LogP contribution in [0.3, 0.4) is 0 Å². The van der Waals surface area contributed by atoms with Crippen LogP contribution in [0.2, 0.25) is 0 Å². The van der Waals surface area contributed by atoms with E-state index in [2.05, 4.69) is 21.2 Å². The van der Waals surface area contributed by atoms with Gasteiger partial charge in [-0.1, -0.05) is 12.1 Å². The molecule has 0 heterocycles. The molecule has 0 aromatic heterocycles. The fourth-order valence-corrected chi connectivity index (χ4v) is 2.94. The summed E-state index contributed by atoms with van der Waals surface area (Å²) in [5.41, 5.74) is 0.167. The number of methoxy groups -OCH3 is 1. The molecule has 2 rings (SSSR count). The van der Waals surface area contributed by atoms with Crippen LogP contribution >= 0.6 is 15.9 Å². The van der Waals surface area contributed by atoms with E-state index in [-0.39, 0.29) is 36.0 Å². The van der Waals surface area contributed by atoms with Crippen LogP contribution in [-0.4, -0.2) is 32.2 Å². The lowest BCUT2D eigenvalue weighted by molar-refractivity contribution is -0.145. The van der Waals surface area contributed by atoms with E-state index in [9.17, 15) is 19.2 Å². The number of nitrogens with one attached hydrogen (secondary N) is 1. The summed E-state index contributed by atoms with van der Waals surface area (Å²) in [6, 6.07) is 10.5. The number of ether oxygens (including phenoxy) is 3. The Bertz CT molecular complexity index is 1020. The van der Waals surface area contributed by atoms with E-state index in [1.807, 2.05) is 0 Å². The van der Waals surface area contributed by atoms with Crippen LogP contribution in [0.15, 0.2) is 46.4 Å². The second-order valence-electron chi connectivity index (χ2n) is 5.73. The van der Waals surface area contributed by atoms with Gasteiger partial charge < -0.3 is 19.5 Å². The van der Waals surface area contributed by atoms with Crippen molar-refractivity contribution in [3.63, 3.8) is 0 Å². The molecule has 2 aromatic rings. The number of carbonyl (C=O) groups is 2. The Labute approximate surface area is 181 Å². The monoisotopic (exact) mass is 476 g/mol. The Kier molecular flexibility index (Phi) is 8.38. The van der Waals surface area contributed by atoms with Crippen molar-refractivity contribution >= 4 is 39.6 Å². The lowest BCUT2D eigenvalue weighted by Gasteiger charge is -2.13. The molecule has 0 saturated heterocycles. The predicted octanol–water partition coefficient (Wildman–Crippen LogP) is 4.08. The molecule has 1 N–H and O–H groups in total. The number of halogens is 2. The van der Waals surface area contributed by atoms with Gasteiger partial charge >= 0.3 is 5.97 Å². The number of benzene rings is 2. The number of esters is 1. The van der Waals surface area contributed by atoms with Crippen LogP contribution in [0, 0.1) is 17.1 Å². The van der Waals surface area contributed by atoms with Crippen molar-refractivity contribution in [1.29, 1.82) is 5.26 Å². The fourth-order valence-electron chi connectivity index (χ4n) is 2.36. The molecule has 0 unspecified atom stereocenters. The van der Waals surface area contributed by atoms with Crippen LogP contribution in [0.4, 0.5) is 10.1 Å². The highest BCUT2D eigenvalue weighted by molar-refractivity contribution is 9.10. The minimum absolute atomic E-state index is 0.0369. The first kappa shape index (κ1) is 22.9. The summed E-state index contributed by atoms with van der Waals surface area (Å²) in [4.78, 5) is 23.9. The highest BCUT2D eigenvalue weighted by atomic mass is 79.9. The number of nitriles is 1. The van der Waals surface area contributed by atoms with Crippen molar-refractivity contribution in [2.45, 2.75) is 6.92 Å². The minimum Gasteiger partial charge on any atom is -0.493 e. The summed E-state index contributed by atoms with van der Waals surface area (Å²) in [6.07, 6.45) is 1.32. The molecule has 1 amide bonds. The molecule has 0 saturated carbocycles. The molecule has 2 aromatic carbocycles. The van der Waals surface area contributed by atoms with E-state index in [4.69, 9.17) is 14.2 Å². The molecule has 7 nitrogen and oxygen atoms in total. The molecule has 156 valence electrons. The van der Waals surface area contributed by atoms with Gasteiger partial charge in [0.2, 0.25) is 0 Å². The Morgan fingerprint density at radius 3 is 2.67 bits per heavy atom. The molecular weight excluding hydrogens is 459 g/mol. The quantitative estimate of drug-likeness (QED) is 0.350. The molecule has 9 heteroatoms. The first-order valence-corrected chi connectivity index (χ1v) is 9.52. The molecule has 0 aliphatic rings. The van der Waals surface area contributed by atoms with Gasteiger partial charge in [0.05, 0.1) is 23.9 Å². The second-order valence-corrected chi connectivity index (χ2v) is 6.59. The van der Waals surface area contributed by atoms with E-state index in [1.165, 1.54) is 37.5 Å². The molecule has 0 fully saturated rings. The van der Waals surface area contributed by atoms with Gasteiger partial charge in [0.15, 0.2) is 18.1 Å². The van der Waals surface area contributed by atoms with Gasteiger partial charge in [-0.25, -0.2) is 9.18 Å². The zero-order chi connectivity index (χ0) is 22.1. The normalized spacial score (nSPS) is 10.7. The van der Waals surface area contributed by atoms with Gasteiger partial charge in [-0.15, -0.1) is 0 Å².